The van der Waals surface area contributed by atoms with Crippen molar-refractivity contribution in [2.75, 3.05) is 57.0 Å². The number of nitrogens with zero attached hydrogens (tertiary/aromatic N) is 3. The highest BCUT2D eigenvalue weighted by molar-refractivity contribution is 5.73. The van der Waals surface area contributed by atoms with Crippen LogP contribution in [0.3, 0.4) is 0 Å². The highest BCUT2D eigenvalue weighted by Gasteiger charge is 2.33. The zero-order valence-corrected chi connectivity index (χ0v) is 31.6. The minimum Gasteiger partial charge on any atom is -0.378 e. The number of anilines is 3. The van der Waals surface area contributed by atoms with Gasteiger partial charge < -0.3 is 19.8 Å². The van der Waals surface area contributed by atoms with Crippen LogP contribution < -0.4 is 14.7 Å². The molecule has 0 atom stereocenters. The molecular formula is C49H49N3O. The van der Waals surface area contributed by atoms with Crippen molar-refractivity contribution >= 4 is 53.5 Å². The van der Waals surface area contributed by atoms with Gasteiger partial charge in [0.2, 0.25) is 0 Å². The van der Waals surface area contributed by atoms with Gasteiger partial charge in [-0.15, -0.1) is 0 Å². The molecule has 0 aliphatic carbocycles. The van der Waals surface area contributed by atoms with Gasteiger partial charge in [-0.25, -0.2) is 0 Å². The summed E-state index contributed by atoms with van der Waals surface area (Å²) in [5.41, 5.74) is 11.1. The van der Waals surface area contributed by atoms with Gasteiger partial charge in [-0.1, -0.05) is 146 Å². The molecule has 4 heteroatoms. The van der Waals surface area contributed by atoms with E-state index in [2.05, 4.69) is 160 Å². The van der Waals surface area contributed by atoms with Crippen molar-refractivity contribution in [3.8, 4) is 0 Å². The first-order valence-electron chi connectivity index (χ1n) is 18.0. The summed E-state index contributed by atoms with van der Waals surface area (Å²) in [6, 6.07) is 50.1. The summed E-state index contributed by atoms with van der Waals surface area (Å²) < 4.78 is 0. The Morgan fingerprint density at radius 1 is 0.302 bits per heavy atom. The van der Waals surface area contributed by atoms with Crippen LogP contribution in [-0.2, 0) is 5.60 Å². The van der Waals surface area contributed by atoms with Crippen LogP contribution in [0, 0.1) is 0 Å². The van der Waals surface area contributed by atoms with E-state index < -0.39 is 5.60 Å². The van der Waals surface area contributed by atoms with Crippen molar-refractivity contribution in [2.45, 2.75) is 5.60 Å². The first-order chi connectivity index (χ1) is 25.6. The lowest BCUT2D eigenvalue weighted by Crippen LogP contribution is -2.28. The standard InChI is InChI=1S/C49H49N3O/c1-50(2)46-31-19-40(20-32-46)10-7-37-13-25-43(26-14-37)49(53,44-27-15-38(16-28-44)8-11-41-21-33-47(34-22-41)51(3)4)45-29-17-39(18-30-45)9-12-42-23-35-48(36-24-42)52(5)6/h7-36,53H,1-6H3/b10-7+,11-8+,12-9+. The van der Waals surface area contributed by atoms with E-state index in [0.717, 1.165) is 50.1 Å². The zero-order valence-electron chi connectivity index (χ0n) is 31.6. The van der Waals surface area contributed by atoms with Crippen molar-refractivity contribution in [1.29, 1.82) is 0 Å². The Morgan fingerprint density at radius 2 is 0.472 bits per heavy atom. The molecule has 4 nitrogen and oxygen atoms in total. The molecule has 6 aromatic carbocycles. The molecule has 0 spiro atoms. The Labute approximate surface area is 315 Å². The zero-order chi connectivity index (χ0) is 37.4. The molecule has 0 fully saturated rings. The monoisotopic (exact) mass is 695 g/mol. The summed E-state index contributed by atoms with van der Waals surface area (Å²) >= 11 is 0. The van der Waals surface area contributed by atoms with Gasteiger partial charge in [0.15, 0.2) is 0 Å². The van der Waals surface area contributed by atoms with Crippen molar-refractivity contribution < 1.29 is 5.11 Å². The van der Waals surface area contributed by atoms with Crippen LogP contribution in [0.25, 0.3) is 36.5 Å². The van der Waals surface area contributed by atoms with E-state index in [4.69, 9.17) is 0 Å². The quantitative estimate of drug-likeness (QED) is 0.102. The summed E-state index contributed by atoms with van der Waals surface area (Å²) in [6.45, 7) is 0. The third kappa shape index (κ3) is 9.04. The van der Waals surface area contributed by atoms with E-state index in [9.17, 15) is 5.11 Å². The Kier molecular flexibility index (Phi) is 11.4. The first kappa shape index (κ1) is 36.7. The predicted molar refractivity (Wildman–Crippen MR) is 231 cm³/mol. The molecule has 0 unspecified atom stereocenters. The number of benzene rings is 6. The van der Waals surface area contributed by atoms with Crippen molar-refractivity contribution in [3.63, 3.8) is 0 Å². The third-order valence-electron chi connectivity index (χ3n) is 9.62. The summed E-state index contributed by atoms with van der Waals surface area (Å²) in [4.78, 5) is 6.29. The lowest BCUT2D eigenvalue weighted by Gasteiger charge is -2.30. The smallest absolute Gasteiger partial charge is 0.140 e. The molecule has 0 saturated carbocycles. The van der Waals surface area contributed by atoms with E-state index in [1.165, 1.54) is 17.1 Å². The maximum Gasteiger partial charge on any atom is 0.140 e. The molecule has 0 aliphatic heterocycles. The van der Waals surface area contributed by atoms with Crippen molar-refractivity contribution in [2.24, 2.45) is 0 Å². The van der Waals surface area contributed by atoms with E-state index >= 15 is 0 Å². The SMILES string of the molecule is CN(C)c1ccc(/C=C/c2ccc(C(O)(c3ccc(/C=C/c4ccc(N(C)C)cc4)cc3)c3ccc(/C=C/c4ccc(N(C)C)cc4)cc3)cc2)cc1. The molecule has 0 aromatic heterocycles. The van der Waals surface area contributed by atoms with Gasteiger partial charge in [-0.2, -0.15) is 0 Å². The largest absolute Gasteiger partial charge is 0.378 e. The van der Waals surface area contributed by atoms with Gasteiger partial charge in [0.05, 0.1) is 0 Å². The number of hydrogen-bond acceptors (Lipinski definition) is 4. The van der Waals surface area contributed by atoms with Gasteiger partial charge in [0.1, 0.15) is 5.60 Å². The van der Waals surface area contributed by atoms with Crippen LogP contribution >= 0.6 is 0 Å². The molecule has 0 heterocycles. The summed E-state index contributed by atoms with van der Waals surface area (Å²) in [7, 11) is 12.3. The molecule has 266 valence electrons. The van der Waals surface area contributed by atoms with E-state index in [1.54, 1.807) is 0 Å². The van der Waals surface area contributed by atoms with Crippen LogP contribution in [-0.4, -0.2) is 47.4 Å². The number of hydrogen-bond donors (Lipinski definition) is 1. The number of rotatable bonds is 12. The average Bonchev–Trinajstić information content (AvgIpc) is 3.19. The molecule has 0 radical (unpaired) electrons. The average molecular weight is 696 g/mol. The second-order valence-corrected chi connectivity index (χ2v) is 14.0. The Bertz CT molecular complexity index is 1900. The van der Waals surface area contributed by atoms with Crippen LogP contribution in [0.15, 0.2) is 146 Å². The van der Waals surface area contributed by atoms with Crippen LogP contribution in [0.1, 0.15) is 50.1 Å². The lowest BCUT2D eigenvalue weighted by molar-refractivity contribution is 0.125. The van der Waals surface area contributed by atoms with Gasteiger partial charge in [-0.3, -0.25) is 0 Å². The number of aliphatic hydroxyl groups is 1. The van der Waals surface area contributed by atoms with E-state index in [1.807, 2.05) is 78.7 Å². The minimum absolute atomic E-state index is 0.804. The van der Waals surface area contributed by atoms with Gasteiger partial charge >= 0.3 is 0 Å². The van der Waals surface area contributed by atoms with Crippen LogP contribution in [0.2, 0.25) is 0 Å². The fraction of sp³-hybridized carbons (Fsp3) is 0.143. The molecule has 6 rings (SSSR count). The second kappa shape index (κ2) is 16.5. The van der Waals surface area contributed by atoms with E-state index in [-0.39, 0.29) is 0 Å². The minimum atomic E-state index is -1.36. The summed E-state index contributed by atoms with van der Waals surface area (Å²) in [6.07, 6.45) is 12.7. The fourth-order valence-corrected chi connectivity index (χ4v) is 6.23. The normalized spacial score (nSPS) is 11.8. The third-order valence-corrected chi connectivity index (χ3v) is 9.62. The Hall–Kier alpha value is -6.10. The molecule has 6 aromatic rings. The maximum absolute atomic E-state index is 12.8. The molecular weight excluding hydrogens is 647 g/mol. The molecule has 53 heavy (non-hydrogen) atoms. The molecule has 0 aliphatic rings. The molecule has 1 N–H and O–H groups in total. The highest BCUT2D eigenvalue weighted by atomic mass is 16.3. The molecule has 0 bridgehead atoms. The first-order valence-corrected chi connectivity index (χ1v) is 18.0. The fourth-order valence-electron chi connectivity index (χ4n) is 6.23. The van der Waals surface area contributed by atoms with Crippen molar-refractivity contribution in [3.05, 3.63) is 196 Å². The molecule has 0 amide bonds. The van der Waals surface area contributed by atoms with Gasteiger partial charge in [0.25, 0.3) is 0 Å². The van der Waals surface area contributed by atoms with E-state index in [0.29, 0.717) is 0 Å². The summed E-state index contributed by atoms with van der Waals surface area (Å²) in [5, 5.41) is 12.8. The molecule has 0 saturated heterocycles. The van der Waals surface area contributed by atoms with Gasteiger partial charge in [0, 0.05) is 59.3 Å². The van der Waals surface area contributed by atoms with Crippen LogP contribution in [0.4, 0.5) is 17.1 Å². The lowest BCUT2D eigenvalue weighted by atomic mass is 9.79. The topological polar surface area (TPSA) is 30.0 Å². The Morgan fingerprint density at radius 3 is 0.642 bits per heavy atom. The summed E-state index contributed by atoms with van der Waals surface area (Å²) in [5.74, 6) is 0. The maximum atomic E-state index is 12.8. The predicted octanol–water partition coefficient (Wildman–Crippen LogP) is 10.7. The van der Waals surface area contributed by atoms with Crippen LogP contribution in [0.5, 0.6) is 0 Å². The van der Waals surface area contributed by atoms with Gasteiger partial charge in [-0.05, 0) is 86.5 Å². The second-order valence-electron chi connectivity index (χ2n) is 14.0. The van der Waals surface area contributed by atoms with Crippen molar-refractivity contribution in [1.82, 2.24) is 0 Å². The highest BCUT2D eigenvalue weighted by Crippen LogP contribution is 2.37. The Balaban J connectivity index is 1.28.